The van der Waals surface area contributed by atoms with Crippen LogP contribution in [0.5, 0.6) is 0 Å². The average molecular weight is 347 g/mol. The van der Waals surface area contributed by atoms with E-state index in [0.717, 1.165) is 10.9 Å². The third-order valence-corrected chi connectivity index (χ3v) is 3.96. The molecule has 0 bridgehead atoms. The Balaban J connectivity index is 2.40. The highest BCUT2D eigenvalue weighted by atomic mass is 19.4. The molecule has 1 atom stereocenters. The predicted molar refractivity (Wildman–Crippen MR) is 78.5 cm³/mol. The van der Waals surface area contributed by atoms with E-state index in [0.29, 0.717) is 12.8 Å². The topological polar surface area (TPSA) is 75.4 Å². The number of likely N-dealkylation sites (tertiary alicyclic amines) is 1. The number of carbonyl (C=O) groups excluding carboxylic acids is 1. The van der Waals surface area contributed by atoms with Crippen molar-refractivity contribution in [1.82, 2.24) is 14.7 Å². The number of carboxylic acid groups (broad SMARTS) is 1. The molecular formula is C15H20F3N3O3. The summed E-state index contributed by atoms with van der Waals surface area (Å²) in [6.07, 6.45) is -2.97. The second-order valence-corrected chi connectivity index (χ2v) is 6.92. The highest BCUT2D eigenvalue weighted by molar-refractivity contribution is 5.95. The molecule has 1 amide bonds. The van der Waals surface area contributed by atoms with Crippen LogP contribution in [0.2, 0.25) is 0 Å². The number of piperidine rings is 1. The molecule has 0 radical (unpaired) electrons. The minimum Gasteiger partial charge on any atom is -0.481 e. The molecule has 1 saturated heterocycles. The second-order valence-electron chi connectivity index (χ2n) is 6.92. The first-order valence-corrected chi connectivity index (χ1v) is 7.60. The predicted octanol–water partition coefficient (Wildman–Crippen LogP) is 2.59. The molecule has 0 aromatic carbocycles. The average Bonchev–Trinajstić information content (AvgIpc) is 2.91. The van der Waals surface area contributed by atoms with Gasteiger partial charge in [-0.05, 0) is 33.6 Å². The number of halogens is 3. The fraction of sp³-hybridized carbons (Fsp3) is 0.667. The Labute approximate surface area is 137 Å². The van der Waals surface area contributed by atoms with Gasteiger partial charge in [-0.1, -0.05) is 0 Å². The molecule has 1 aliphatic heterocycles. The first-order chi connectivity index (χ1) is 10.9. The van der Waals surface area contributed by atoms with Crippen molar-refractivity contribution in [2.45, 2.75) is 45.3 Å². The van der Waals surface area contributed by atoms with Crippen LogP contribution in [-0.2, 0) is 16.5 Å². The maximum Gasteiger partial charge on any atom is 0.433 e. The van der Waals surface area contributed by atoms with Crippen molar-refractivity contribution >= 4 is 11.9 Å². The summed E-state index contributed by atoms with van der Waals surface area (Å²) in [5.41, 5.74) is -2.59. The molecule has 134 valence electrons. The lowest BCUT2D eigenvalue weighted by Gasteiger charge is -2.31. The number of alkyl halides is 3. The highest BCUT2D eigenvalue weighted by Crippen LogP contribution is 2.35. The van der Waals surface area contributed by atoms with Gasteiger partial charge < -0.3 is 10.0 Å². The molecule has 2 heterocycles. The summed E-state index contributed by atoms with van der Waals surface area (Å²) < 4.78 is 41.2. The first-order valence-electron chi connectivity index (χ1n) is 7.60. The molecule has 6 nitrogen and oxygen atoms in total. The second kappa shape index (κ2) is 6.10. The third-order valence-electron chi connectivity index (χ3n) is 3.96. The smallest absolute Gasteiger partial charge is 0.433 e. The Morgan fingerprint density at radius 2 is 1.92 bits per heavy atom. The molecular weight excluding hydrogens is 327 g/mol. The van der Waals surface area contributed by atoms with Crippen LogP contribution in [0.15, 0.2) is 6.20 Å². The van der Waals surface area contributed by atoms with Crippen molar-refractivity contribution in [3.05, 3.63) is 17.5 Å². The Hall–Kier alpha value is -2.06. The van der Waals surface area contributed by atoms with Crippen molar-refractivity contribution in [2.24, 2.45) is 5.92 Å². The Bertz CT molecular complexity index is 647. The maximum absolute atomic E-state index is 13.5. The van der Waals surface area contributed by atoms with E-state index in [9.17, 15) is 22.8 Å². The minimum atomic E-state index is -4.74. The van der Waals surface area contributed by atoms with Crippen LogP contribution in [0.3, 0.4) is 0 Å². The molecule has 0 saturated carbocycles. The molecule has 1 fully saturated rings. The van der Waals surface area contributed by atoms with Crippen molar-refractivity contribution < 1.29 is 27.9 Å². The van der Waals surface area contributed by atoms with Crippen molar-refractivity contribution in [1.29, 1.82) is 0 Å². The summed E-state index contributed by atoms with van der Waals surface area (Å²) in [5.74, 6) is -2.63. The summed E-state index contributed by atoms with van der Waals surface area (Å²) in [6, 6.07) is 0. The summed E-state index contributed by atoms with van der Waals surface area (Å²) in [4.78, 5) is 24.8. The van der Waals surface area contributed by atoms with Gasteiger partial charge in [0.1, 0.15) is 0 Å². The van der Waals surface area contributed by atoms with Gasteiger partial charge in [-0.2, -0.15) is 18.3 Å². The van der Waals surface area contributed by atoms with Gasteiger partial charge in [0.25, 0.3) is 5.91 Å². The van der Waals surface area contributed by atoms with Gasteiger partial charge in [0, 0.05) is 13.1 Å². The van der Waals surface area contributed by atoms with E-state index < -0.39 is 40.8 Å². The van der Waals surface area contributed by atoms with E-state index in [1.165, 1.54) is 4.90 Å². The number of carboxylic acids is 1. The fourth-order valence-electron chi connectivity index (χ4n) is 2.82. The van der Waals surface area contributed by atoms with E-state index in [2.05, 4.69) is 5.10 Å². The zero-order valence-electron chi connectivity index (χ0n) is 13.7. The Morgan fingerprint density at radius 3 is 2.42 bits per heavy atom. The number of nitrogens with zero attached hydrogens (tertiary/aromatic N) is 3. The van der Waals surface area contributed by atoms with E-state index in [4.69, 9.17) is 5.11 Å². The van der Waals surface area contributed by atoms with Gasteiger partial charge in [-0.3, -0.25) is 14.3 Å². The lowest BCUT2D eigenvalue weighted by atomic mass is 9.97. The van der Waals surface area contributed by atoms with Crippen molar-refractivity contribution in [3.8, 4) is 0 Å². The quantitative estimate of drug-likeness (QED) is 0.892. The molecule has 1 aromatic heterocycles. The maximum atomic E-state index is 13.5. The van der Waals surface area contributed by atoms with Crippen LogP contribution in [0, 0.1) is 5.92 Å². The molecule has 9 heteroatoms. The van der Waals surface area contributed by atoms with Gasteiger partial charge in [-0.15, -0.1) is 0 Å². The molecule has 0 aliphatic carbocycles. The monoisotopic (exact) mass is 347 g/mol. The fourth-order valence-corrected chi connectivity index (χ4v) is 2.82. The summed E-state index contributed by atoms with van der Waals surface area (Å²) >= 11 is 0. The van der Waals surface area contributed by atoms with Gasteiger partial charge in [-0.25, -0.2) is 0 Å². The molecule has 1 N–H and O–H groups in total. The number of carbonyl (C=O) groups is 2. The normalized spacial score (nSPS) is 19.4. The molecule has 0 spiro atoms. The zero-order valence-corrected chi connectivity index (χ0v) is 13.7. The lowest BCUT2D eigenvalue weighted by molar-refractivity contribution is -0.147. The molecule has 1 aliphatic rings. The number of rotatable bonds is 2. The number of aromatic nitrogens is 2. The first kappa shape index (κ1) is 18.3. The molecule has 1 unspecified atom stereocenters. The van der Waals surface area contributed by atoms with Gasteiger partial charge in [0.15, 0.2) is 5.69 Å². The van der Waals surface area contributed by atoms with E-state index in [1.54, 1.807) is 20.8 Å². The van der Waals surface area contributed by atoms with Crippen LogP contribution < -0.4 is 0 Å². The third kappa shape index (κ3) is 3.54. The van der Waals surface area contributed by atoms with Gasteiger partial charge in [0.2, 0.25) is 0 Å². The molecule has 24 heavy (non-hydrogen) atoms. The summed E-state index contributed by atoms with van der Waals surface area (Å²) in [5, 5.41) is 12.8. The van der Waals surface area contributed by atoms with Crippen molar-refractivity contribution in [2.75, 3.05) is 13.1 Å². The number of hydrogen-bond acceptors (Lipinski definition) is 3. The standard InChI is InChI=1S/C15H20F3N3O3/c1-14(2,3)21-11(15(16,17)18)10(7-19-21)12(22)20-6-4-5-9(8-20)13(23)24/h7,9H,4-6,8H2,1-3H3,(H,23,24). The van der Waals surface area contributed by atoms with Crippen LogP contribution in [0.1, 0.15) is 49.7 Å². The van der Waals surface area contributed by atoms with E-state index in [1.807, 2.05) is 0 Å². The van der Waals surface area contributed by atoms with Crippen LogP contribution >= 0.6 is 0 Å². The number of amides is 1. The minimum absolute atomic E-state index is 0.0911. The molecule has 2 rings (SSSR count). The van der Waals surface area contributed by atoms with Gasteiger partial charge >= 0.3 is 12.1 Å². The van der Waals surface area contributed by atoms with E-state index in [-0.39, 0.29) is 13.1 Å². The summed E-state index contributed by atoms with van der Waals surface area (Å²) in [6.45, 7) is 4.83. The number of hydrogen-bond donors (Lipinski definition) is 1. The number of aliphatic carboxylic acids is 1. The van der Waals surface area contributed by atoms with E-state index >= 15 is 0 Å². The zero-order chi connectivity index (χ0) is 18.3. The van der Waals surface area contributed by atoms with Crippen molar-refractivity contribution in [3.63, 3.8) is 0 Å². The van der Waals surface area contributed by atoms with Crippen LogP contribution in [0.25, 0.3) is 0 Å². The SMILES string of the molecule is CC(C)(C)n1ncc(C(=O)N2CCCC(C(=O)O)C2)c1C(F)(F)F. The van der Waals surface area contributed by atoms with Gasteiger partial charge in [0.05, 0.1) is 23.2 Å². The largest absolute Gasteiger partial charge is 0.481 e. The van der Waals surface area contributed by atoms with Crippen LogP contribution in [0.4, 0.5) is 13.2 Å². The Morgan fingerprint density at radius 1 is 1.29 bits per heavy atom. The lowest BCUT2D eigenvalue weighted by Crippen LogP contribution is -2.43. The Kier molecular flexibility index (Phi) is 4.65. The highest BCUT2D eigenvalue weighted by Gasteiger charge is 2.43. The molecule has 1 aromatic rings. The summed E-state index contributed by atoms with van der Waals surface area (Å²) in [7, 11) is 0. The van der Waals surface area contributed by atoms with Crippen LogP contribution in [-0.4, -0.2) is 44.8 Å².